The smallest absolute Gasteiger partial charge is 0.159 e. The molecule has 16 heavy (non-hydrogen) atoms. The zero-order valence-electron chi connectivity index (χ0n) is 8.82. The summed E-state index contributed by atoms with van der Waals surface area (Å²) in [6.45, 7) is 0. The third-order valence-corrected chi connectivity index (χ3v) is 4.52. The van der Waals surface area contributed by atoms with Crippen LogP contribution in [0, 0.1) is 0 Å². The second kappa shape index (κ2) is 4.26. The van der Waals surface area contributed by atoms with Crippen LogP contribution in [-0.4, -0.2) is 15.0 Å². The van der Waals surface area contributed by atoms with Gasteiger partial charge in [-0.15, -0.1) is 0 Å². The Bertz CT molecular complexity index is 505. The fourth-order valence-electron chi connectivity index (χ4n) is 2.27. The second-order valence-electron chi connectivity index (χ2n) is 4.21. The average molecular weight is 254 g/mol. The lowest BCUT2D eigenvalue weighted by atomic mass is 9.90. The average Bonchev–Trinajstić information content (AvgIpc) is 2.76. The molecule has 1 fully saturated rings. The predicted molar refractivity (Wildman–Crippen MR) is 66.0 cm³/mol. The number of fused-ring (bicyclic) bond motifs is 1. The van der Waals surface area contributed by atoms with E-state index in [0.29, 0.717) is 11.1 Å². The summed E-state index contributed by atoms with van der Waals surface area (Å²) in [4.78, 5) is 13.7. The molecular formula is C11H12ClN3S. The van der Waals surface area contributed by atoms with E-state index in [0.717, 1.165) is 10.3 Å². The highest BCUT2D eigenvalue weighted by molar-refractivity contribution is 7.18. The van der Waals surface area contributed by atoms with Gasteiger partial charge in [-0.25, -0.2) is 15.0 Å². The molecule has 0 radical (unpaired) electrons. The van der Waals surface area contributed by atoms with Crippen LogP contribution >= 0.6 is 22.9 Å². The molecule has 2 aromatic rings. The van der Waals surface area contributed by atoms with Crippen molar-refractivity contribution < 1.29 is 0 Å². The van der Waals surface area contributed by atoms with E-state index in [2.05, 4.69) is 15.0 Å². The van der Waals surface area contributed by atoms with Gasteiger partial charge in [-0.1, -0.05) is 42.2 Å². The molecule has 0 atom stereocenters. The Labute approximate surface area is 103 Å². The summed E-state index contributed by atoms with van der Waals surface area (Å²) in [5, 5.41) is 1.67. The summed E-state index contributed by atoms with van der Waals surface area (Å²) >= 11 is 7.67. The molecule has 5 heteroatoms. The largest absolute Gasteiger partial charge is 0.236 e. The van der Waals surface area contributed by atoms with Crippen LogP contribution in [-0.2, 0) is 0 Å². The van der Waals surface area contributed by atoms with Crippen molar-refractivity contribution in [3.63, 3.8) is 0 Å². The Morgan fingerprint density at radius 3 is 2.75 bits per heavy atom. The Kier molecular flexibility index (Phi) is 2.77. The first kappa shape index (κ1) is 10.4. The summed E-state index contributed by atoms with van der Waals surface area (Å²) in [7, 11) is 0. The Balaban J connectivity index is 2.01. The molecule has 0 spiro atoms. The van der Waals surface area contributed by atoms with Crippen molar-refractivity contribution in [1.29, 1.82) is 0 Å². The third kappa shape index (κ3) is 1.80. The molecule has 84 valence electrons. The van der Waals surface area contributed by atoms with Gasteiger partial charge in [-0.3, -0.25) is 0 Å². The molecule has 0 aromatic carbocycles. The number of aromatic nitrogens is 3. The number of halogens is 1. The molecule has 3 nitrogen and oxygen atoms in total. The lowest BCUT2D eigenvalue weighted by molar-refractivity contribution is 0.443. The van der Waals surface area contributed by atoms with E-state index in [-0.39, 0.29) is 0 Å². The number of thiazole rings is 1. The van der Waals surface area contributed by atoms with E-state index in [4.69, 9.17) is 11.6 Å². The lowest BCUT2D eigenvalue weighted by Crippen LogP contribution is -2.03. The molecule has 0 aliphatic heterocycles. The van der Waals surface area contributed by atoms with Gasteiger partial charge in [-0.2, -0.15) is 0 Å². The van der Waals surface area contributed by atoms with Crippen molar-refractivity contribution in [3.8, 4) is 0 Å². The van der Waals surface area contributed by atoms with E-state index >= 15 is 0 Å². The minimum Gasteiger partial charge on any atom is -0.236 e. The Morgan fingerprint density at radius 1 is 1.19 bits per heavy atom. The van der Waals surface area contributed by atoms with Crippen molar-refractivity contribution in [1.82, 2.24) is 15.0 Å². The molecule has 0 saturated heterocycles. The normalized spacial score (nSPS) is 18.1. The highest BCUT2D eigenvalue weighted by Gasteiger charge is 2.20. The summed E-state index contributed by atoms with van der Waals surface area (Å²) in [6, 6.07) is 0. The van der Waals surface area contributed by atoms with Crippen LogP contribution in [0.15, 0.2) is 6.33 Å². The fourth-order valence-corrected chi connectivity index (χ4v) is 3.58. The fraction of sp³-hybridized carbons (Fsp3) is 0.545. The molecule has 0 unspecified atom stereocenters. The van der Waals surface area contributed by atoms with Gasteiger partial charge in [0.15, 0.2) is 5.15 Å². The summed E-state index contributed by atoms with van der Waals surface area (Å²) in [5.74, 6) is 0.615. The molecular weight excluding hydrogens is 242 g/mol. The maximum atomic E-state index is 6.00. The summed E-state index contributed by atoms with van der Waals surface area (Å²) in [6.07, 6.45) is 8.02. The molecule has 2 aromatic heterocycles. The molecule has 1 saturated carbocycles. The maximum Gasteiger partial charge on any atom is 0.159 e. The zero-order valence-corrected chi connectivity index (χ0v) is 10.4. The van der Waals surface area contributed by atoms with E-state index in [1.54, 1.807) is 11.3 Å². The van der Waals surface area contributed by atoms with Crippen molar-refractivity contribution in [2.75, 3.05) is 0 Å². The standard InChI is InChI=1S/C11H12ClN3S/c12-9-8-11(14-6-13-9)16-10(15-8)7-4-2-1-3-5-7/h6-7H,1-5H2. The van der Waals surface area contributed by atoms with Crippen LogP contribution in [0.3, 0.4) is 0 Å². The monoisotopic (exact) mass is 253 g/mol. The van der Waals surface area contributed by atoms with Gasteiger partial charge in [0, 0.05) is 5.92 Å². The number of nitrogens with zero attached hydrogens (tertiary/aromatic N) is 3. The molecule has 1 aliphatic rings. The SMILES string of the molecule is Clc1ncnc2sc(C3CCCCC3)nc12. The summed E-state index contributed by atoms with van der Waals surface area (Å²) < 4.78 is 0. The number of hydrogen-bond donors (Lipinski definition) is 0. The first-order chi connectivity index (χ1) is 7.84. The topological polar surface area (TPSA) is 38.7 Å². The van der Waals surface area contributed by atoms with Crippen molar-refractivity contribution in [3.05, 3.63) is 16.5 Å². The quantitative estimate of drug-likeness (QED) is 0.726. The molecule has 0 bridgehead atoms. The van der Waals surface area contributed by atoms with Gasteiger partial charge in [0.25, 0.3) is 0 Å². The lowest BCUT2D eigenvalue weighted by Gasteiger charge is -2.18. The van der Waals surface area contributed by atoms with Crippen molar-refractivity contribution >= 4 is 33.3 Å². The van der Waals surface area contributed by atoms with E-state index in [1.165, 1.54) is 43.4 Å². The molecule has 0 N–H and O–H groups in total. The van der Waals surface area contributed by atoms with Crippen LogP contribution in [0.4, 0.5) is 0 Å². The first-order valence-electron chi connectivity index (χ1n) is 5.61. The van der Waals surface area contributed by atoms with Gasteiger partial charge in [0.2, 0.25) is 0 Å². The van der Waals surface area contributed by atoms with E-state index in [1.807, 2.05) is 0 Å². The Hall–Kier alpha value is -0.740. The number of hydrogen-bond acceptors (Lipinski definition) is 4. The molecule has 3 rings (SSSR count). The third-order valence-electron chi connectivity index (χ3n) is 3.12. The van der Waals surface area contributed by atoms with Crippen LogP contribution in [0.2, 0.25) is 5.15 Å². The maximum absolute atomic E-state index is 6.00. The molecule has 2 heterocycles. The zero-order chi connectivity index (χ0) is 11.0. The summed E-state index contributed by atoms with van der Waals surface area (Å²) in [5.41, 5.74) is 0.773. The second-order valence-corrected chi connectivity index (χ2v) is 5.57. The van der Waals surface area contributed by atoms with E-state index < -0.39 is 0 Å². The first-order valence-corrected chi connectivity index (χ1v) is 6.81. The Morgan fingerprint density at radius 2 is 2.00 bits per heavy atom. The van der Waals surface area contributed by atoms with Crippen LogP contribution in [0.1, 0.15) is 43.0 Å². The highest BCUT2D eigenvalue weighted by Crippen LogP contribution is 2.37. The van der Waals surface area contributed by atoms with Gasteiger partial charge < -0.3 is 0 Å². The van der Waals surface area contributed by atoms with Gasteiger partial charge in [0.05, 0.1) is 5.01 Å². The van der Waals surface area contributed by atoms with Crippen molar-refractivity contribution in [2.45, 2.75) is 38.0 Å². The minimum atomic E-state index is 0.475. The van der Waals surface area contributed by atoms with Gasteiger partial charge in [0.1, 0.15) is 16.7 Å². The van der Waals surface area contributed by atoms with Gasteiger partial charge in [-0.05, 0) is 12.8 Å². The minimum absolute atomic E-state index is 0.475. The van der Waals surface area contributed by atoms with Crippen LogP contribution in [0.25, 0.3) is 10.3 Å². The molecule has 0 amide bonds. The highest BCUT2D eigenvalue weighted by atomic mass is 35.5. The van der Waals surface area contributed by atoms with Crippen molar-refractivity contribution in [2.24, 2.45) is 0 Å². The van der Waals surface area contributed by atoms with Crippen LogP contribution < -0.4 is 0 Å². The number of rotatable bonds is 1. The molecule has 1 aliphatic carbocycles. The van der Waals surface area contributed by atoms with Gasteiger partial charge >= 0.3 is 0 Å². The van der Waals surface area contributed by atoms with Crippen LogP contribution in [0.5, 0.6) is 0 Å². The van der Waals surface area contributed by atoms with E-state index in [9.17, 15) is 0 Å². The predicted octanol–water partition coefficient (Wildman–Crippen LogP) is 3.79.